The quantitative estimate of drug-likeness (QED) is 0.623. The zero-order valence-electron chi connectivity index (χ0n) is 16.3. The predicted molar refractivity (Wildman–Crippen MR) is 105 cm³/mol. The molecule has 2 aromatic carbocycles. The Labute approximate surface area is 169 Å². The van der Waals surface area contributed by atoms with Crippen LogP contribution in [0.25, 0.3) is 0 Å². The maximum Gasteiger partial charge on any atom is 0.407 e. The number of amides is 2. The number of benzene rings is 2. The van der Waals surface area contributed by atoms with Gasteiger partial charge in [0.15, 0.2) is 0 Å². The molecule has 0 aromatic heterocycles. The summed E-state index contributed by atoms with van der Waals surface area (Å²) in [6.45, 7) is -0.250. The van der Waals surface area contributed by atoms with Gasteiger partial charge < -0.3 is 24.8 Å². The monoisotopic (exact) mass is 400 g/mol. The summed E-state index contributed by atoms with van der Waals surface area (Å²) in [5.74, 6) is -0.555. The van der Waals surface area contributed by atoms with Crippen LogP contribution in [0.3, 0.4) is 0 Å². The van der Waals surface area contributed by atoms with Crippen molar-refractivity contribution in [1.82, 2.24) is 10.6 Å². The summed E-state index contributed by atoms with van der Waals surface area (Å²) in [5.41, 5.74) is 1.57. The van der Waals surface area contributed by atoms with E-state index >= 15 is 0 Å². The topological polar surface area (TPSA) is 103 Å². The number of rotatable bonds is 9. The van der Waals surface area contributed by atoms with Gasteiger partial charge in [0.25, 0.3) is 0 Å². The van der Waals surface area contributed by atoms with E-state index in [2.05, 4.69) is 10.6 Å². The highest BCUT2D eigenvalue weighted by molar-refractivity contribution is 5.87. The normalized spacial score (nSPS) is 11.1. The van der Waals surface area contributed by atoms with Crippen molar-refractivity contribution in [1.29, 1.82) is 0 Å². The predicted octanol–water partition coefficient (Wildman–Crippen LogP) is 1.82. The molecule has 0 spiro atoms. The Morgan fingerprint density at radius 1 is 0.966 bits per heavy atom. The first-order valence-corrected chi connectivity index (χ1v) is 8.97. The van der Waals surface area contributed by atoms with E-state index in [4.69, 9.17) is 14.2 Å². The molecule has 29 heavy (non-hydrogen) atoms. The second kappa shape index (κ2) is 11.3. The average molecular weight is 400 g/mol. The van der Waals surface area contributed by atoms with Crippen molar-refractivity contribution in [3.63, 3.8) is 0 Å². The Hall–Kier alpha value is -3.55. The first-order valence-electron chi connectivity index (χ1n) is 8.97. The highest BCUT2D eigenvalue weighted by Gasteiger charge is 2.23. The number of esters is 1. The standard InChI is InChI=1S/C21H24N2O6/c1-27-18-11-7-6-10-16(18)12-17(20(25)28-2)23-19(24)13-22-21(26)29-14-15-8-4-3-5-9-15/h3-11,17H,12-14H2,1-2H3,(H,22,26)(H,23,24)/t17-/m1/s1. The van der Waals surface area contributed by atoms with Gasteiger partial charge in [-0.25, -0.2) is 9.59 Å². The Balaban J connectivity index is 1.86. The molecule has 8 heteroatoms. The fraction of sp³-hybridized carbons (Fsp3) is 0.286. The first-order chi connectivity index (χ1) is 14.0. The van der Waals surface area contributed by atoms with Crippen molar-refractivity contribution in [3.05, 3.63) is 65.7 Å². The van der Waals surface area contributed by atoms with Gasteiger partial charge in [0.1, 0.15) is 24.9 Å². The van der Waals surface area contributed by atoms with Crippen LogP contribution in [0.1, 0.15) is 11.1 Å². The minimum atomic E-state index is -0.925. The number of ether oxygens (including phenoxy) is 3. The Bertz CT molecular complexity index is 825. The number of nitrogens with one attached hydrogen (secondary N) is 2. The Morgan fingerprint density at radius 3 is 2.34 bits per heavy atom. The maximum absolute atomic E-state index is 12.2. The summed E-state index contributed by atoms with van der Waals surface area (Å²) < 4.78 is 15.1. The second-order valence-corrected chi connectivity index (χ2v) is 6.07. The van der Waals surface area contributed by atoms with Crippen LogP contribution in [-0.2, 0) is 32.1 Å². The lowest BCUT2D eigenvalue weighted by molar-refractivity contribution is -0.144. The van der Waals surface area contributed by atoms with Crippen molar-refractivity contribution < 1.29 is 28.6 Å². The van der Waals surface area contributed by atoms with Gasteiger partial charge in [0.2, 0.25) is 5.91 Å². The van der Waals surface area contributed by atoms with Crippen LogP contribution >= 0.6 is 0 Å². The smallest absolute Gasteiger partial charge is 0.407 e. The average Bonchev–Trinajstić information content (AvgIpc) is 2.76. The van der Waals surface area contributed by atoms with Crippen LogP contribution < -0.4 is 15.4 Å². The largest absolute Gasteiger partial charge is 0.496 e. The van der Waals surface area contributed by atoms with Crippen molar-refractivity contribution in [2.75, 3.05) is 20.8 Å². The molecule has 0 radical (unpaired) electrons. The molecule has 2 N–H and O–H groups in total. The fourth-order valence-corrected chi connectivity index (χ4v) is 2.60. The third kappa shape index (κ3) is 7.17. The van der Waals surface area contributed by atoms with Crippen LogP contribution in [-0.4, -0.2) is 44.8 Å². The van der Waals surface area contributed by atoms with Gasteiger partial charge in [-0.15, -0.1) is 0 Å². The molecule has 2 amide bonds. The molecule has 0 fully saturated rings. The molecule has 0 saturated carbocycles. The van der Waals surface area contributed by atoms with Gasteiger partial charge in [-0.3, -0.25) is 4.79 Å². The summed E-state index contributed by atoms with van der Waals surface area (Å²) in [7, 11) is 2.76. The molecule has 0 saturated heterocycles. The van der Waals surface area contributed by atoms with Crippen molar-refractivity contribution in [2.24, 2.45) is 0 Å². The molecular weight excluding hydrogens is 376 g/mol. The molecule has 2 aromatic rings. The molecule has 0 unspecified atom stereocenters. The zero-order chi connectivity index (χ0) is 21.1. The van der Waals surface area contributed by atoms with Gasteiger partial charge in [0.05, 0.1) is 14.2 Å². The Morgan fingerprint density at radius 2 is 1.66 bits per heavy atom. The summed E-state index contributed by atoms with van der Waals surface area (Å²) in [4.78, 5) is 36.0. The lowest BCUT2D eigenvalue weighted by Crippen LogP contribution is -2.47. The van der Waals surface area contributed by atoms with Crippen LogP contribution in [0, 0.1) is 0 Å². The van der Waals surface area contributed by atoms with E-state index in [0.29, 0.717) is 5.75 Å². The van der Waals surface area contributed by atoms with Crippen LogP contribution in [0.5, 0.6) is 5.75 Å². The van der Waals surface area contributed by atoms with Gasteiger partial charge in [-0.05, 0) is 17.2 Å². The van der Waals surface area contributed by atoms with Gasteiger partial charge in [-0.2, -0.15) is 0 Å². The van der Waals surface area contributed by atoms with E-state index < -0.39 is 24.0 Å². The minimum absolute atomic E-state index is 0.0902. The number of alkyl carbamates (subject to hydrolysis) is 1. The van der Waals surface area contributed by atoms with E-state index in [-0.39, 0.29) is 19.6 Å². The van der Waals surface area contributed by atoms with Gasteiger partial charge >= 0.3 is 12.1 Å². The molecule has 2 rings (SSSR count). The number of hydrogen-bond donors (Lipinski definition) is 2. The molecule has 0 aliphatic heterocycles. The highest BCUT2D eigenvalue weighted by atomic mass is 16.5. The van der Waals surface area contributed by atoms with Gasteiger partial charge in [0, 0.05) is 6.42 Å². The van der Waals surface area contributed by atoms with E-state index in [1.807, 2.05) is 30.3 Å². The number of hydrogen-bond acceptors (Lipinski definition) is 6. The summed E-state index contributed by atoms with van der Waals surface area (Å²) in [6, 6.07) is 15.4. The summed E-state index contributed by atoms with van der Waals surface area (Å²) >= 11 is 0. The zero-order valence-corrected chi connectivity index (χ0v) is 16.3. The first kappa shape index (κ1) is 21.7. The molecule has 8 nitrogen and oxygen atoms in total. The number of carbonyl (C=O) groups excluding carboxylic acids is 3. The lowest BCUT2D eigenvalue weighted by Gasteiger charge is -2.18. The van der Waals surface area contributed by atoms with Crippen molar-refractivity contribution in [2.45, 2.75) is 19.1 Å². The lowest BCUT2D eigenvalue weighted by atomic mass is 10.0. The Kier molecular flexibility index (Phi) is 8.50. The van der Waals surface area contributed by atoms with Crippen LogP contribution in [0.2, 0.25) is 0 Å². The third-order valence-electron chi connectivity index (χ3n) is 4.04. The molecule has 0 aliphatic carbocycles. The number of carbonyl (C=O) groups is 3. The van der Waals surface area contributed by atoms with E-state index in [1.54, 1.807) is 24.3 Å². The van der Waals surface area contributed by atoms with Crippen LogP contribution in [0.15, 0.2) is 54.6 Å². The van der Waals surface area contributed by atoms with E-state index in [9.17, 15) is 14.4 Å². The van der Waals surface area contributed by atoms with E-state index in [0.717, 1.165) is 11.1 Å². The molecule has 1 atom stereocenters. The number of methoxy groups -OCH3 is 2. The molecule has 154 valence electrons. The SMILES string of the molecule is COC(=O)[C@@H](Cc1ccccc1OC)NC(=O)CNC(=O)OCc1ccccc1. The van der Waals surface area contributed by atoms with Gasteiger partial charge in [-0.1, -0.05) is 48.5 Å². The minimum Gasteiger partial charge on any atom is -0.496 e. The van der Waals surface area contributed by atoms with Crippen molar-refractivity contribution in [3.8, 4) is 5.75 Å². The summed E-state index contributed by atoms with van der Waals surface area (Å²) in [6.07, 6.45) is -0.552. The van der Waals surface area contributed by atoms with E-state index in [1.165, 1.54) is 14.2 Å². The number of para-hydroxylation sites is 1. The molecule has 0 bridgehead atoms. The summed E-state index contributed by atoms with van der Waals surface area (Å²) in [5, 5.41) is 4.91. The fourth-order valence-electron chi connectivity index (χ4n) is 2.60. The maximum atomic E-state index is 12.2. The van der Waals surface area contributed by atoms with Crippen molar-refractivity contribution >= 4 is 18.0 Å². The van der Waals surface area contributed by atoms with Crippen LogP contribution in [0.4, 0.5) is 4.79 Å². The second-order valence-electron chi connectivity index (χ2n) is 6.07. The third-order valence-corrected chi connectivity index (χ3v) is 4.04. The highest BCUT2D eigenvalue weighted by Crippen LogP contribution is 2.19. The molecular formula is C21H24N2O6. The molecule has 0 aliphatic rings. The molecule has 0 heterocycles.